The molecule has 0 rings (SSSR count). The fourth-order valence-corrected chi connectivity index (χ4v) is 9.82. The number of ether oxygens (including phenoxy) is 3. The van der Waals surface area contributed by atoms with Gasteiger partial charge in [0, 0.05) is 25.8 Å². The molecule has 0 amide bonds. The third kappa shape index (κ3) is 62.4. The van der Waals surface area contributed by atoms with Crippen molar-refractivity contribution in [3.63, 3.8) is 0 Å². The normalized spacial score (nSPS) is 12.1. The van der Waals surface area contributed by atoms with Crippen molar-refractivity contribution in [2.24, 2.45) is 0 Å². The molecule has 0 unspecified atom stereocenters. The molecule has 0 heterocycles. The van der Waals surface area contributed by atoms with Crippen LogP contribution in [-0.4, -0.2) is 98.5 Å². The Morgan fingerprint density at radius 3 is 0.951 bits per heavy atom. The largest absolute Gasteiger partial charge is 0.487 e. The van der Waals surface area contributed by atoms with Gasteiger partial charge in [0.1, 0.15) is 0 Å². The Morgan fingerprint density at radius 1 is 0.333 bits per heavy atom. The minimum atomic E-state index is -0.131. The number of esters is 2. The molecule has 0 aromatic rings. The molecule has 0 spiro atoms. The Bertz CT molecular complexity index is 1510. The minimum absolute atomic E-state index is 0.0690. The summed E-state index contributed by atoms with van der Waals surface area (Å²) in [6.45, 7) is 12.8. The summed E-state index contributed by atoms with van der Waals surface area (Å²) < 4.78 is 17.1. The van der Waals surface area contributed by atoms with Crippen molar-refractivity contribution in [1.29, 1.82) is 0 Å². The standard InChI is InChI=1S/C72H128N2O7/c1-4-7-10-13-16-19-22-25-28-31-34-37-40-43-46-49-66-79-70(69-76)56-52-59-74(64-65-75)63-55-62-73(60-53-57-71(77)80-67-50-47-44-41-38-35-32-29-26-23-20-17-14-11-8-5-2)61-54-58-72(78)81-68-51-48-45-42-39-36-33-30-27-24-21-18-15-12-9-6-3/h16-21,25-30,75H,4-15,22-24,31-68H2,1-3H3/b19-16-,20-17-,21-18-,28-25-,29-26-,30-27-. The van der Waals surface area contributed by atoms with Gasteiger partial charge in [-0.05, 0) is 174 Å². The molecule has 468 valence electrons. The van der Waals surface area contributed by atoms with Crippen LogP contribution in [0.3, 0.4) is 0 Å². The lowest BCUT2D eigenvalue weighted by Gasteiger charge is -2.25. The van der Waals surface area contributed by atoms with E-state index in [1.807, 2.05) is 5.94 Å². The van der Waals surface area contributed by atoms with Crippen LogP contribution in [0, 0.1) is 0 Å². The maximum atomic E-state index is 12.7. The van der Waals surface area contributed by atoms with E-state index in [1.54, 1.807) is 0 Å². The lowest BCUT2D eigenvalue weighted by Crippen LogP contribution is -2.33. The van der Waals surface area contributed by atoms with E-state index in [-0.39, 0.29) is 18.5 Å². The van der Waals surface area contributed by atoms with E-state index in [2.05, 4.69) is 103 Å². The predicted molar refractivity (Wildman–Crippen MR) is 347 cm³/mol. The van der Waals surface area contributed by atoms with Crippen LogP contribution in [-0.2, 0) is 28.6 Å². The van der Waals surface area contributed by atoms with Gasteiger partial charge in [-0.25, -0.2) is 4.79 Å². The Labute approximate surface area is 500 Å². The molecule has 0 aliphatic heterocycles. The summed E-state index contributed by atoms with van der Waals surface area (Å²) in [7, 11) is 0. The van der Waals surface area contributed by atoms with Gasteiger partial charge in [0.2, 0.25) is 0 Å². The SMILES string of the molecule is CCCCC/C=C\C/C=C\CCCCCCCCOC(=O)CCCN(CCCC(=O)OCCCCCCCC/C=C\C/C=C\CCCCC)CCCN(CCO)CCCC(=C=O)OCCCCCCCC/C=C\C/C=C\CCCCC. The zero-order valence-electron chi connectivity index (χ0n) is 53.2. The Hall–Kier alpha value is -3.49. The molecule has 0 aliphatic carbocycles. The zero-order valence-corrected chi connectivity index (χ0v) is 53.2. The van der Waals surface area contributed by atoms with Gasteiger partial charge in [-0.2, -0.15) is 0 Å². The number of hydrogen-bond donors (Lipinski definition) is 1. The van der Waals surface area contributed by atoms with Crippen LogP contribution in [0.15, 0.2) is 78.7 Å². The first-order valence-corrected chi connectivity index (χ1v) is 34.1. The number of hydrogen-bond acceptors (Lipinski definition) is 9. The number of aliphatic hydroxyl groups excluding tert-OH is 1. The molecule has 81 heavy (non-hydrogen) atoms. The van der Waals surface area contributed by atoms with Crippen LogP contribution >= 0.6 is 0 Å². The van der Waals surface area contributed by atoms with Gasteiger partial charge >= 0.3 is 11.9 Å². The number of allylic oxidation sites excluding steroid dienone is 13. The van der Waals surface area contributed by atoms with Gasteiger partial charge in [0.15, 0.2) is 11.7 Å². The number of rotatable bonds is 64. The monoisotopic (exact) mass is 1130 g/mol. The first-order valence-electron chi connectivity index (χ1n) is 34.1. The van der Waals surface area contributed by atoms with Gasteiger partial charge in [-0.3, -0.25) is 9.59 Å². The minimum Gasteiger partial charge on any atom is -0.487 e. The van der Waals surface area contributed by atoms with E-state index < -0.39 is 0 Å². The van der Waals surface area contributed by atoms with Gasteiger partial charge in [-0.1, -0.05) is 209 Å². The first kappa shape index (κ1) is 77.5. The Kier molecular flexibility index (Phi) is 64.4. The summed E-state index contributed by atoms with van der Waals surface area (Å²) in [5, 5.41) is 9.89. The summed E-state index contributed by atoms with van der Waals surface area (Å²) in [6.07, 6.45) is 74.7. The van der Waals surface area contributed by atoms with Crippen LogP contribution in [0.1, 0.15) is 297 Å². The van der Waals surface area contributed by atoms with Gasteiger partial charge in [0.25, 0.3) is 0 Å². The predicted octanol–water partition coefficient (Wildman–Crippen LogP) is 19.6. The highest BCUT2D eigenvalue weighted by molar-refractivity contribution is 5.69. The average Bonchev–Trinajstić information content (AvgIpc) is 3.46. The molecule has 0 atom stereocenters. The van der Waals surface area contributed by atoms with Gasteiger partial charge < -0.3 is 29.1 Å². The highest BCUT2D eigenvalue weighted by Crippen LogP contribution is 2.14. The third-order valence-electron chi connectivity index (χ3n) is 14.9. The highest BCUT2D eigenvalue weighted by atomic mass is 16.5. The van der Waals surface area contributed by atoms with E-state index in [4.69, 9.17) is 14.2 Å². The topological polar surface area (TPSA) is 106 Å². The molecule has 0 fully saturated rings. The number of nitrogens with zero attached hydrogens (tertiary/aromatic N) is 2. The second kappa shape index (κ2) is 67.3. The molecule has 0 aliphatic rings. The van der Waals surface area contributed by atoms with Crippen molar-refractivity contribution in [3.05, 3.63) is 78.7 Å². The van der Waals surface area contributed by atoms with Crippen LogP contribution in [0.5, 0.6) is 0 Å². The number of unbranched alkanes of at least 4 members (excludes halogenated alkanes) is 27. The van der Waals surface area contributed by atoms with Crippen LogP contribution in [0.2, 0.25) is 0 Å². The zero-order chi connectivity index (χ0) is 58.7. The lowest BCUT2D eigenvalue weighted by atomic mass is 10.1. The Balaban J connectivity index is 4.66. The summed E-state index contributed by atoms with van der Waals surface area (Å²) in [4.78, 5) is 41.8. The fraction of sp³-hybridized carbons (Fsp3) is 0.778. The van der Waals surface area contributed by atoms with Crippen LogP contribution < -0.4 is 0 Å². The van der Waals surface area contributed by atoms with E-state index in [0.29, 0.717) is 64.2 Å². The first-order chi connectivity index (χ1) is 40.0. The molecule has 1 N–H and O–H groups in total. The average molecular weight is 1130 g/mol. The highest BCUT2D eigenvalue weighted by Gasteiger charge is 2.13. The van der Waals surface area contributed by atoms with Crippen molar-refractivity contribution in [2.45, 2.75) is 297 Å². The molecule has 0 saturated heterocycles. The third-order valence-corrected chi connectivity index (χ3v) is 14.9. The van der Waals surface area contributed by atoms with Crippen molar-refractivity contribution < 1.29 is 33.7 Å². The summed E-state index contributed by atoms with van der Waals surface area (Å²) in [5.74, 6) is 2.17. The summed E-state index contributed by atoms with van der Waals surface area (Å²) in [5.41, 5.74) is 0. The maximum Gasteiger partial charge on any atom is 0.305 e. The molecule has 9 nitrogen and oxygen atoms in total. The van der Waals surface area contributed by atoms with Crippen molar-refractivity contribution in [2.75, 3.05) is 65.7 Å². The van der Waals surface area contributed by atoms with E-state index in [0.717, 1.165) is 123 Å². The number of aliphatic hydroxyl groups is 1. The molecule has 0 radical (unpaired) electrons. The molecular formula is C72H128N2O7. The van der Waals surface area contributed by atoms with Gasteiger partial charge in [-0.15, -0.1) is 0 Å². The molecule has 0 aromatic heterocycles. The van der Waals surface area contributed by atoms with E-state index in [9.17, 15) is 19.5 Å². The van der Waals surface area contributed by atoms with E-state index in [1.165, 1.54) is 154 Å². The molecule has 0 aromatic carbocycles. The lowest BCUT2D eigenvalue weighted by molar-refractivity contribution is -0.144. The number of carbonyl (C=O) groups excluding carboxylic acids is 3. The molecule has 0 bridgehead atoms. The molecule has 0 saturated carbocycles. The second-order valence-electron chi connectivity index (χ2n) is 22.6. The number of carbonyl (C=O) groups is 2. The Morgan fingerprint density at radius 2 is 0.617 bits per heavy atom. The van der Waals surface area contributed by atoms with Crippen molar-refractivity contribution in [3.8, 4) is 0 Å². The van der Waals surface area contributed by atoms with Crippen LogP contribution in [0.4, 0.5) is 0 Å². The van der Waals surface area contributed by atoms with Crippen molar-refractivity contribution >= 4 is 17.9 Å². The molecular weight excluding hydrogens is 1000 g/mol. The van der Waals surface area contributed by atoms with Crippen molar-refractivity contribution in [1.82, 2.24) is 9.80 Å². The second-order valence-corrected chi connectivity index (χ2v) is 22.6. The summed E-state index contributed by atoms with van der Waals surface area (Å²) in [6, 6.07) is 0. The smallest absolute Gasteiger partial charge is 0.305 e. The maximum absolute atomic E-state index is 12.7. The van der Waals surface area contributed by atoms with Crippen LogP contribution in [0.25, 0.3) is 0 Å². The fourth-order valence-electron chi connectivity index (χ4n) is 9.82. The van der Waals surface area contributed by atoms with Gasteiger partial charge in [0.05, 0.1) is 26.4 Å². The van der Waals surface area contributed by atoms with E-state index >= 15 is 0 Å². The quantitative estimate of drug-likeness (QED) is 0.0210. The summed E-state index contributed by atoms with van der Waals surface area (Å²) >= 11 is 0. The molecule has 9 heteroatoms.